The van der Waals surface area contributed by atoms with Gasteiger partial charge in [0.25, 0.3) is 0 Å². The summed E-state index contributed by atoms with van der Waals surface area (Å²) in [6.45, 7) is 10.9. The van der Waals surface area contributed by atoms with Gasteiger partial charge in [-0.3, -0.25) is 0 Å². The summed E-state index contributed by atoms with van der Waals surface area (Å²) in [4.78, 5) is 2.43. The van der Waals surface area contributed by atoms with Gasteiger partial charge in [0.1, 0.15) is 0 Å². The van der Waals surface area contributed by atoms with Gasteiger partial charge in [-0.05, 0) is 18.9 Å². The standard InChI is InChI=1S/C10H24N2/c1-4-6-10(3)9-12(5-2)8-7-11/h10H,4-9,11H2,1-3H3. The van der Waals surface area contributed by atoms with Gasteiger partial charge in [0.15, 0.2) is 0 Å². The van der Waals surface area contributed by atoms with E-state index in [1.54, 1.807) is 0 Å². The van der Waals surface area contributed by atoms with E-state index in [2.05, 4.69) is 25.7 Å². The number of likely N-dealkylation sites (N-methyl/N-ethyl adjacent to an activating group) is 1. The average Bonchev–Trinajstić information content (AvgIpc) is 2.04. The van der Waals surface area contributed by atoms with Gasteiger partial charge in [0, 0.05) is 19.6 Å². The van der Waals surface area contributed by atoms with Crippen LogP contribution in [0.15, 0.2) is 0 Å². The maximum absolute atomic E-state index is 5.51. The SMILES string of the molecule is CCCC(C)CN(CC)CCN. The monoisotopic (exact) mass is 172 g/mol. The number of hydrogen-bond acceptors (Lipinski definition) is 2. The fraction of sp³-hybridized carbons (Fsp3) is 1.00. The zero-order chi connectivity index (χ0) is 9.40. The summed E-state index contributed by atoms with van der Waals surface area (Å²) in [6, 6.07) is 0. The Labute approximate surface area is 77.1 Å². The highest BCUT2D eigenvalue weighted by Crippen LogP contribution is 2.06. The van der Waals surface area contributed by atoms with Crippen LogP contribution < -0.4 is 5.73 Å². The van der Waals surface area contributed by atoms with E-state index in [-0.39, 0.29) is 0 Å². The molecular formula is C10H24N2. The topological polar surface area (TPSA) is 29.3 Å². The van der Waals surface area contributed by atoms with Gasteiger partial charge in [0.05, 0.1) is 0 Å². The zero-order valence-electron chi connectivity index (χ0n) is 8.84. The third-order valence-corrected chi connectivity index (χ3v) is 2.24. The van der Waals surface area contributed by atoms with E-state index in [1.807, 2.05) is 0 Å². The molecule has 0 aromatic rings. The van der Waals surface area contributed by atoms with Gasteiger partial charge >= 0.3 is 0 Å². The second-order valence-corrected chi connectivity index (χ2v) is 3.58. The van der Waals surface area contributed by atoms with Crippen LogP contribution in [0, 0.1) is 5.92 Å². The number of nitrogens with zero attached hydrogens (tertiary/aromatic N) is 1. The van der Waals surface area contributed by atoms with E-state index >= 15 is 0 Å². The molecule has 0 heterocycles. The highest BCUT2D eigenvalue weighted by atomic mass is 15.1. The molecule has 0 aromatic heterocycles. The molecule has 1 atom stereocenters. The minimum absolute atomic E-state index is 0.784. The molecule has 12 heavy (non-hydrogen) atoms. The van der Waals surface area contributed by atoms with Gasteiger partial charge in [-0.25, -0.2) is 0 Å². The lowest BCUT2D eigenvalue weighted by molar-refractivity contribution is 0.248. The molecule has 0 rings (SSSR count). The second-order valence-electron chi connectivity index (χ2n) is 3.58. The predicted molar refractivity (Wildman–Crippen MR) is 55.2 cm³/mol. The molecule has 2 heteroatoms. The maximum atomic E-state index is 5.51. The minimum atomic E-state index is 0.784. The molecule has 0 aliphatic heterocycles. The van der Waals surface area contributed by atoms with E-state index in [1.165, 1.54) is 19.4 Å². The number of nitrogens with two attached hydrogens (primary N) is 1. The molecule has 2 N–H and O–H groups in total. The highest BCUT2D eigenvalue weighted by molar-refractivity contribution is 4.61. The van der Waals surface area contributed by atoms with Crippen molar-refractivity contribution in [3.63, 3.8) is 0 Å². The van der Waals surface area contributed by atoms with Crippen molar-refractivity contribution in [1.82, 2.24) is 4.90 Å². The first kappa shape index (κ1) is 11.9. The van der Waals surface area contributed by atoms with Gasteiger partial charge in [-0.2, -0.15) is 0 Å². The van der Waals surface area contributed by atoms with Crippen molar-refractivity contribution >= 4 is 0 Å². The van der Waals surface area contributed by atoms with Gasteiger partial charge in [0.2, 0.25) is 0 Å². The van der Waals surface area contributed by atoms with Crippen LogP contribution in [0.4, 0.5) is 0 Å². The van der Waals surface area contributed by atoms with Crippen LogP contribution in [0.5, 0.6) is 0 Å². The number of hydrogen-bond donors (Lipinski definition) is 1. The van der Waals surface area contributed by atoms with E-state index in [9.17, 15) is 0 Å². The third kappa shape index (κ3) is 5.56. The van der Waals surface area contributed by atoms with Crippen molar-refractivity contribution in [1.29, 1.82) is 0 Å². The molecule has 0 fully saturated rings. The van der Waals surface area contributed by atoms with Crippen molar-refractivity contribution in [2.24, 2.45) is 11.7 Å². The van der Waals surface area contributed by atoms with E-state index < -0.39 is 0 Å². The molecule has 0 saturated heterocycles. The van der Waals surface area contributed by atoms with Crippen molar-refractivity contribution < 1.29 is 0 Å². The molecule has 0 saturated carbocycles. The Balaban J connectivity index is 3.53. The van der Waals surface area contributed by atoms with Crippen LogP contribution >= 0.6 is 0 Å². The summed E-state index contributed by atoms with van der Waals surface area (Å²) in [7, 11) is 0. The molecule has 0 aromatic carbocycles. The minimum Gasteiger partial charge on any atom is -0.329 e. The Morgan fingerprint density at radius 1 is 1.33 bits per heavy atom. The van der Waals surface area contributed by atoms with Crippen LogP contribution in [0.3, 0.4) is 0 Å². The molecule has 0 aliphatic rings. The maximum Gasteiger partial charge on any atom is 0.0105 e. The van der Waals surface area contributed by atoms with Crippen molar-refractivity contribution in [2.45, 2.75) is 33.6 Å². The smallest absolute Gasteiger partial charge is 0.0105 e. The van der Waals surface area contributed by atoms with E-state index in [0.29, 0.717) is 0 Å². The van der Waals surface area contributed by atoms with Crippen LogP contribution in [-0.2, 0) is 0 Å². The predicted octanol–water partition coefficient (Wildman–Crippen LogP) is 1.70. The Bertz CT molecular complexity index is 93.8. The molecule has 1 unspecified atom stereocenters. The fourth-order valence-electron chi connectivity index (χ4n) is 1.59. The van der Waals surface area contributed by atoms with E-state index in [0.717, 1.165) is 25.6 Å². The molecule has 74 valence electrons. The zero-order valence-corrected chi connectivity index (χ0v) is 8.84. The summed E-state index contributed by atoms with van der Waals surface area (Å²) in [5.74, 6) is 0.821. The lowest BCUT2D eigenvalue weighted by Crippen LogP contribution is -2.33. The van der Waals surface area contributed by atoms with Gasteiger partial charge in [-0.1, -0.05) is 27.2 Å². The fourth-order valence-corrected chi connectivity index (χ4v) is 1.59. The first-order chi connectivity index (χ1) is 5.74. The Kier molecular flexibility index (Phi) is 7.51. The first-order valence-corrected chi connectivity index (χ1v) is 5.16. The lowest BCUT2D eigenvalue weighted by Gasteiger charge is -2.23. The normalized spacial score (nSPS) is 13.8. The lowest BCUT2D eigenvalue weighted by atomic mass is 10.1. The summed E-state index contributed by atoms with van der Waals surface area (Å²) >= 11 is 0. The van der Waals surface area contributed by atoms with Crippen molar-refractivity contribution in [3.8, 4) is 0 Å². The average molecular weight is 172 g/mol. The van der Waals surface area contributed by atoms with Crippen LogP contribution in [-0.4, -0.2) is 31.1 Å². The largest absolute Gasteiger partial charge is 0.329 e. The Hall–Kier alpha value is -0.0800. The summed E-state index contributed by atoms with van der Waals surface area (Å²) in [5.41, 5.74) is 5.51. The molecule has 0 aliphatic carbocycles. The summed E-state index contributed by atoms with van der Waals surface area (Å²) in [6.07, 6.45) is 2.63. The molecule has 2 nitrogen and oxygen atoms in total. The van der Waals surface area contributed by atoms with E-state index in [4.69, 9.17) is 5.73 Å². The van der Waals surface area contributed by atoms with Crippen LogP contribution in [0.2, 0.25) is 0 Å². The van der Waals surface area contributed by atoms with Crippen molar-refractivity contribution in [3.05, 3.63) is 0 Å². The highest BCUT2D eigenvalue weighted by Gasteiger charge is 2.06. The quantitative estimate of drug-likeness (QED) is 0.633. The Morgan fingerprint density at radius 2 is 2.00 bits per heavy atom. The molecule has 0 radical (unpaired) electrons. The van der Waals surface area contributed by atoms with Crippen LogP contribution in [0.25, 0.3) is 0 Å². The molecule has 0 bridgehead atoms. The third-order valence-electron chi connectivity index (χ3n) is 2.24. The second kappa shape index (κ2) is 7.56. The summed E-state index contributed by atoms with van der Waals surface area (Å²) in [5, 5.41) is 0. The van der Waals surface area contributed by atoms with Gasteiger partial charge in [-0.15, -0.1) is 0 Å². The molecule has 0 amide bonds. The molecule has 0 spiro atoms. The first-order valence-electron chi connectivity index (χ1n) is 5.16. The Morgan fingerprint density at radius 3 is 2.42 bits per heavy atom. The number of rotatable bonds is 7. The van der Waals surface area contributed by atoms with Crippen LogP contribution in [0.1, 0.15) is 33.6 Å². The molecular weight excluding hydrogens is 148 g/mol. The summed E-state index contributed by atoms with van der Waals surface area (Å²) < 4.78 is 0. The van der Waals surface area contributed by atoms with Gasteiger partial charge < -0.3 is 10.6 Å². The van der Waals surface area contributed by atoms with Crippen molar-refractivity contribution in [2.75, 3.05) is 26.2 Å².